The van der Waals surface area contributed by atoms with Gasteiger partial charge in [0.05, 0.1) is 12.6 Å². The molecule has 6 rings (SSSR count). The minimum absolute atomic E-state index is 0.0918. The minimum Gasteiger partial charge on any atom is -0.376 e. The third-order valence-electron chi connectivity index (χ3n) is 7.86. The topological polar surface area (TPSA) is 92.2 Å². The Bertz CT molecular complexity index is 1450. The summed E-state index contributed by atoms with van der Waals surface area (Å²) in [6.07, 6.45) is 2.15. The van der Waals surface area contributed by atoms with Gasteiger partial charge in [-0.05, 0) is 65.9 Å². The second kappa shape index (κ2) is 10.8. The van der Waals surface area contributed by atoms with Crippen molar-refractivity contribution in [3.8, 4) is 0 Å². The van der Waals surface area contributed by atoms with E-state index >= 15 is 0 Å². The van der Waals surface area contributed by atoms with Crippen LogP contribution in [0.3, 0.4) is 0 Å². The number of H-pyrrole nitrogens is 1. The fraction of sp³-hybridized carbons (Fsp3) is 0.448. The van der Waals surface area contributed by atoms with E-state index in [4.69, 9.17) is 4.74 Å². The largest absolute Gasteiger partial charge is 0.376 e. The Hall–Kier alpha value is -3.40. The summed E-state index contributed by atoms with van der Waals surface area (Å²) in [5, 5.41) is 13.9. The molecule has 2 unspecified atom stereocenters. The maximum atomic E-state index is 13.6. The van der Waals surface area contributed by atoms with Crippen LogP contribution in [0.15, 0.2) is 53.3 Å². The van der Waals surface area contributed by atoms with Crippen LogP contribution in [0.5, 0.6) is 0 Å². The first-order chi connectivity index (χ1) is 18.5. The standard InChI is InChI=1S/C29H35N7O2/c1-20-15-21(2)24-17-25(29(37)30-26(24)16-20)27(28-31-32-33-36(28)19-23-9-6-14-38-23)35-12-10-34(11-13-35)18-22-7-4-3-5-8-22/h3-5,7-8,15-17,23,27H,6,9-14,18-19H2,1-2H3,(H,30,37). The van der Waals surface area contributed by atoms with E-state index in [1.165, 1.54) is 5.56 Å². The Labute approximate surface area is 222 Å². The maximum absolute atomic E-state index is 13.6. The molecule has 2 aromatic carbocycles. The summed E-state index contributed by atoms with van der Waals surface area (Å²) in [5.74, 6) is 0.701. The van der Waals surface area contributed by atoms with Gasteiger partial charge in [0.1, 0.15) is 6.04 Å². The summed E-state index contributed by atoms with van der Waals surface area (Å²) in [6, 6.07) is 16.5. The summed E-state index contributed by atoms with van der Waals surface area (Å²) in [5.41, 5.74) is 5.04. The fourth-order valence-corrected chi connectivity index (χ4v) is 5.93. The molecule has 2 atom stereocenters. The number of nitrogens with one attached hydrogen (secondary N) is 1. The first-order valence-corrected chi connectivity index (χ1v) is 13.6. The Balaban J connectivity index is 1.34. The summed E-state index contributed by atoms with van der Waals surface area (Å²) in [7, 11) is 0. The average molecular weight is 514 g/mol. The van der Waals surface area contributed by atoms with Crippen molar-refractivity contribution in [3.05, 3.63) is 87.0 Å². The predicted molar refractivity (Wildman–Crippen MR) is 146 cm³/mol. The number of hydrogen-bond donors (Lipinski definition) is 1. The number of aromatic nitrogens is 5. The van der Waals surface area contributed by atoms with Gasteiger partial charge < -0.3 is 9.72 Å². The van der Waals surface area contributed by atoms with Crippen LogP contribution in [0.2, 0.25) is 0 Å². The van der Waals surface area contributed by atoms with Crippen molar-refractivity contribution in [1.82, 2.24) is 35.0 Å². The number of rotatable bonds is 7. The van der Waals surface area contributed by atoms with E-state index in [9.17, 15) is 4.79 Å². The van der Waals surface area contributed by atoms with Gasteiger partial charge in [0.2, 0.25) is 0 Å². The molecular formula is C29H35N7O2. The van der Waals surface area contributed by atoms with Gasteiger partial charge in [0.15, 0.2) is 5.82 Å². The van der Waals surface area contributed by atoms with Crippen molar-refractivity contribution in [2.24, 2.45) is 0 Å². The van der Waals surface area contributed by atoms with E-state index in [0.717, 1.165) is 74.2 Å². The molecule has 198 valence electrons. The predicted octanol–water partition coefficient (Wildman–Crippen LogP) is 3.22. The summed E-state index contributed by atoms with van der Waals surface area (Å²) < 4.78 is 7.74. The van der Waals surface area contributed by atoms with Crippen LogP contribution in [0.1, 0.15) is 47.0 Å². The molecule has 0 bridgehead atoms. The van der Waals surface area contributed by atoms with Crippen molar-refractivity contribution in [2.75, 3.05) is 32.8 Å². The molecule has 38 heavy (non-hydrogen) atoms. The molecule has 2 aliphatic rings. The molecule has 0 spiro atoms. The lowest BCUT2D eigenvalue weighted by Crippen LogP contribution is -2.48. The van der Waals surface area contributed by atoms with Crippen LogP contribution in [-0.4, -0.2) is 73.9 Å². The number of piperazine rings is 1. The fourth-order valence-electron chi connectivity index (χ4n) is 5.93. The maximum Gasteiger partial charge on any atom is 0.253 e. The smallest absolute Gasteiger partial charge is 0.253 e. The van der Waals surface area contributed by atoms with Crippen LogP contribution in [0, 0.1) is 13.8 Å². The molecular weight excluding hydrogens is 478 g/mol. The highest BCUT2D eigenvalue weighted by molar-refractivity contribution is 5.83. The Morgan fingerprint density at radius 3 is 2.66 bits per heavy atom. The number of nitrogens with zero attached hydrogens (tertiary/aromatic N) is 6. The highest BCUT2D eigenvalue weighted by Crippen LogP contribution is 2.30. The van der Waals surface area contributed by atoms with Gasteiger partial charge in [-0.2, -0.15) is 0 Å². The first-order valence-electron chi connectivity index (χ1n) is 13.6. The number of pyridine rings is 1. The molecule has 1 N–H and O–H groups in total. The molecule has 2 fully saturated rings. The number of benzene rings is 2. The van der Waals surface area contributed by atoms with E-state index < -0.39 is 0 Å². The first kappa shape index (κ1) is 24.9. The van der Waals surface area contributed by atoms with E-state index in [-0.39, 0.29) is 17.7 Å². The van der Waals surface area contributed by atoms with E-state index in [0.29, 0.717) is 17.9 Å². The molecule has 4 heterocycles. The van der Waals surface area contributed by atoms with Crippen molar-refractivity contribution < 1.29 is 4.74 Å². The zero-order valence-electron chi connectivity index (χ0n) is 22.1. The molecule has 0 saturated carbocycles. The highest BCUT2D eigenvalue weighted by atomic mass is 16.5. The molecule has 0 aliphatic carbocycles. The molecule has 0 radical (unpaired) electrons. The van der Waals surface area contributed by atoms with Crippen molar-refractivity contribution in [3.63, 3.8) is 0 Å². The van der Waals surface area contributed by atoms with Gasteiger partial charge >= 0.3 is 0 Å². The summed E-state index contributed by atoms with van der Waals surface area (Å²) in [4.78, 5) is 21.6. The number of hydrogen-bond acceptors (Lipinski definition) is 7. The van der Waals surface area contributed by atoms with E-state index in [1.807, 2.05) is 10.7 Å². The molecule has 4 aromatic rings. The number of ether oxygens (including phenoxy) is 1. The third-order valence-corrected chi connectivity index (χ3v) is 7.86. The van der Waals surface area contributed by atoms with Crippen molar-refractivity contribution in [2.45, 2.75) is 51.9 Å². The lowest BCUT2D eigenvalue weighted by molar-refractivity contribution is 0.0840. The lowest BCUT2D eigenvalue weighted by Gasteiger charge is -2.38. The molecule has 9 heteroatoms. The van der Waals surface area contributed by atoms with Gasteiger partial charge in [-0.3, -0.25) is 14.6 Å². The minimum atomic E-state index is -0.348. The number of tetrazole rings is 1. The second-order valence-electron chi connectivity index (χ2n) is 10.7. The van der Waals surface area contributed by atoms with Crippen LogP contribution < -0.4 is 5.56 Å². The average Bonchev–Trinajstić information content (AvgIpc) is 3.59. The second-order valence-corrected chi connectivity index (χ2v) is 10.7. The quantitative estimate of drug-likeness (QED) is 0.406. The number of aromatic amines is 1. The zero-order valence-corrected chi connectivity index (χ0v) is 22.1. The Morgan fingerprint density at radius 2 is 1.89 bits per heavy atom. The van der Waals surface area contributed by atoms with Gasteiger partial charge in [-0.1, -0.05) is 36.4 Å². The number of aryl methyl sites for hydroxylation is 2. The molecule has 0 amide bonds. The third kappa shape index (κ3) is 5.14. The SMILES string of the molecule is Cc1cc(C)c2cc(C(c3nnnn3CC3CCCO3)N3CCN(Cc4ccccc4)CC3)c(=O)[nH]c2c1. The Morgan fingerprint density at radius 1 is 1.08 bits per heavy atom. The normalized spacial score (nSPS) is 19.8. The Kier molecular flexibility index (Phi) is 7.06. The van der Waals surface area contributed by atoms with Gasteiger partial charge in [0.25, 0.3) is 5.56 Å². The monoisotopic (exact) mass is 513 g/mol. The molecule has 2 aromatic heterocycles. The van der Waals surface area contributed by atoms with E-state index in [2.05, 4.69) is 86.6 Å². The summed E-state index contributed by atoms with van der Waals surface area (Å²) >= 11 is 0. The van der Waals surface area contributed by atoms with E-state index in [1.54, 1.807) is 0 Å². The van der Waals surface area contributed by atoms with Gasteiger partial charge in [-0.25, -0.2) is 4.68 Å². The zero-order chi connectivity index (χ0) is 26.1. The van der Waals surface area contributed by atoms with Crippen molar-refractivity contribution >= 4 is 10.9 Å². The van der Waals surface area contributed by atoms with Gasteiger partial charge in [-0.15, -0.1) is 5.10 Å². The van der Waals surface area contributed by atoms with Crippen LogP contribution in [-0.2, 0) is 17.8 Å². The highest BCUT2D eigenvalue weighted by Gasteiger charge is 2.33. The van der Waals surface area contributed by atoms with Crippen LogP contribution >= 0.6 is 0 Å². The van der Waals surface area contributed by atoms with Crippen LogP contribution in [0.25, 0.3) is 10.9 Å². The molecule has 2 aliphatic heterocycles. The van der Waals surface area contributed by atoms with Crippen molar-refractivity contribution in [1.29, 1.82) is 0 Å². The molecule has 9 nitrogen and oxygen atoms in total. The summed E-state index contributed by atoms with van der Waals surface area (Å²) in [6.45, 7) is 9.87. The lowest BCUT2D eigenvalue weighted by atomic mass is 9.99. The number of fused-ring (bicyclic) bond motifs is 1. The van der Waals surface area contributed by atoms with Crippen LogP contribution in [0.4, 0.5) is 0 Å². The molecule has 2 saturated heterocycles. The van der Waals surface area contributed by atoms with Gasteiger partial charge in [0, 0.05) is 55.8 Å².